The van der Waals surface area contributed by atoms with Gasteiger partial charge in [-0.1, -0.05) is 54.6 Å². The van der Waals surface area contributed by atoms with Gasteiger partial charge in [-0.05, 0) is 54.3 Å². The second kappa shape index (κ2) is 13.0. The van der Waals surface area contributed by atoms with E-state index in [2.05, 4.69) is 30.1 Å². The summed E-state index contributed by atoms with van der Waals surface area (Å²) in [6, 6.07) is 18.3. The third-order valence-corrected chi connectivity index (χ3v) is 6.40. The first kappa shape index (κ1) is 31.1. The van der Waals surface area contributed by atoms with Crippen LogP contribution in [0.2, 0.25) is 0 Å². The number of urea groups is 1. The molecule has 0 spiro atoms. The van der Waals surface area contributed by atoms with Crippen molar-refractivity contribution >= 4 is 6.03 Å². The van der Waals surface area contributed by atoms with E-state index in [1.165, 1.54) is 36.7 Å². The number of alkyl halides is 6. The maximum Gasteiger partial charge on any atom is 0.573 e. The molecule has 2 amide bonds. The smallest absolute Gasteiger partial charge is 0.406 e. The van der Waals surface area contributed by atoms with Crippen LogP contribution in [0.5, 0.6) is 11.5 Å². The number of nitrogens with zero attached hydrogens (tertiary/aromatic N) is 2. The van der Waals surface area contributed by atoms with Crippen LogP contribution in [0.4, 0.5) is 31.1 Å². The van der Waals surface area contributed by atoms with Gasteiger partial charge in [0, 0.05) is 18.2 Å². The molecule has 0 aliphatic carbocycles. The number of nitrogens with one attached hydrogen (secondary N) is 2. The third kappa shape index (κ3) is 9.09. The molecule has 1 aromatic heterocycles. The number of hydrogen-bond donors (Lipinski definition) is 2. The molecule has 0 radical (unpaired) electrons. The fraction of sp³-hybridized carbons (Fsp3) is 0.233. The molecule has 13 heteroatoms. The first-order valence-electron chi connectivity index (χ1n) is 12.9. The summed E-state index contributed by atoms with van der Waals surface area (Å²) in [6.07, 6.45) is -6.88. The van der Waals surface area contributed by atoms with E-state index in [9.17, 15) is 31.1 Å². The monoisotopic (exact) mass is 604 g/mol. The number of carbonyl (C=O) groups excluding carboxylic acids is 1. The van der Waals surface area contributed by atoms with E-state index in [-0.39, 0.29) is 30.6 Å². The molecular weight excluding hydrogens is 578 g/mol. The highest BCUT2D eigenvalue weighted by Crippen LogP contribution is 2.39. The Morgan fingerprint density at radius 2 is 1.33 bits per heavy atom. The second-order valence-electron chi connectivity index (χ2n) is 9.58. The van der Waals surface area contributed by atoms with Crippen molar-refractivity contribution in [3.05, 3.63) is 119 Å². The number of carbonyl (C=O) groups is 1. The fourth-order valence-electron chi connectivity index (χ4n) is 4.54. The predicted octanol–water partition coefficient (Wildman–Crippen LogP) is 6.61. The van der Waals surface area contributed by atoms with E-state index in [0.29, 0.717) is 17.0 Å². The Hall–Kier alpha value is -4.81. The molecule has 0 aliphatic rings. The van der Waals surface area contributed by atoms with E-state index < -0.39 is 35.7 Å². The summed E-state index contributed by atoms with van der Waals surface area (Å²) >= 11 is 0. The van der Waals surface area contributed by atoms with Gasteiger partial charge in [0.25, 0.3) is 0 Å². The van der Waals surface area contributed by atoms with Crippen LogP contribution < -0.4 is 20.1 Å². The van der Waals surface area contributed by atoms with Crippen molar-refractivity contribution in [2.45, 2.75) is 38.0 Å². The normalized spacial score (nSPS) is 12.0. The van der Waals surface area contributed by atoms with Gasteiger partial charge in [0.05, 0.1) is 24.1 Å². The molecule has 0 fully saturated rings. The molecule has 3 aromatic carbocycles. The van der Waals surface area contributed by atoms with Gasteiger partial charge in [-0.3, -0.25) is 9.97 Å². The van der Waals surface area contributed by atoms with E-state index in [0.717, 1.165) is 24.3 Å². The zero-order chi connectivity index (χ0) is 31.1. The quantitative estimate of drug-likeness (QED) is 0.199. The molecule has 43 heavy (non-hydrogen) atoms. The number of rotatable bonds is 10. The van der Waals surface area contributed by atoms with Gasteiger partial charge in [-0.25, -0.2) is 4.79 Å². The van der Waals surface area contributed by atoms with Crippen LogP contribution in [0.15, 0.2) is 91.3 Å². The molecular formula is C30H26F6N4O3. The Bertz CT molecular complexity index is 1450. The molecule has 2 N–H and O–H groups in total. The van der Waals surface area contributed by atoms with Crippen LogP contribution in [0, 0.1) is 6.92 Å². The largest absolute Gasteiger partial charge is 0.573 e. The average Bonchev–Trinajstić information content (AvgIpc) is 2.94. The van der Waals surface area contributed by atoms with E-state index >= 15 is 0 Å². The van der Waals surface area contributed by atoms with Crippen LogP contribution in [-0.4, -0.2) is 35.3 Å². The van der Waals surface area contributed by atoms with Crippen molar-refractivity contribution in [1.29, 1.82) is 0 Å². The van der Waals surface area contributed by atoms with Crippen LogP contribution in [0.3, 0.4) is 0 Å². The second-order valence-corrected chi connectivity index (χ2v) is 9.58. The molecule has 226 valence electrons. The van der Waals surface area contributed by atoms with Crippen molar-refractivity contribution in [1.82, 2.24) is 20.6 Å². The Morgan fingerprint density at radius 3 is 1.84 bits per heavy atom. The van der Waals surface area contributed by atoms with Crippen LogP contribution in [0.25, 0.3) is 0 Å². The number of ether oxygens (including phenoxy) is 2. The van der Waals surface area contributed by atoms with Crippen molar-refractivity contribution in [2.24, 2.45) is 0 Å². The Morgan fingerprint density at radius 1 is 0.744 bits per heavy atom. The molecule has 0 saturated carbocycles. The molecule has 0 saturated heterocycles. The zero-order valence-electron chi connectivity index (χ0n) is 22.7. The summed E-state index contributed by atoms with van der Waals surface area (Å²) in [6.45, 7) is 1.54. The van der Waals surface area contributed by atoms with Gasteiger partial charge in [-0.15, -0.1) is 26.3 Å². The maximum atomic E-state index is 13.1. The number of aryl methyl sites for hydroxylation is 1. The zero-order valence-corrected chi connectivity index (χ0v) is 22.7. The van der Waals surface area contributed by atoms with Crippen molar-refractivity contribution in [2.75, 3.05) is 6.54 Å². The Balaban J connectivity index is 1.77. The van der Waals surface area contributed by atoms with Crippen molar-refractivity contribution < 1.29 is 40.6 Å². The molecule has 0 unspecified atom stereocenters. The van der Waals surface area contributed by atoms with Crippen molar-refractivity contribution in [3.63, 3.8) is 0 Å². The summed E-state index contributed by atoms with van der Waals surface area (Å²) in [5.41, 5.74) is 0.957. The SMILES string of the molecule is Cc1cnc(CNC(=O)NCC(Cc2ccccc2)(c2cccc(OC(F)(F)F)c2)c2cccc(OC(F)(F)F)c2)cn1. The van der Waals surface area contributed by atoms with Gasteiger partial charge in [0.15, 0.2) is 0 Å². The van der Waals surface area contributed by atoms with Gasteiger partial charge in [-0.2, -0.15) is 0 Å². The predicted molar refractivity (Wildman–Crippen MR) is 144 cm³/mol. The maximum absolute atomic E-state index is 13.1. The lowest BCUT2D eigenvalue weighted by Gasteiger charge is -2.36. The number of benzene rings is 3. The molecule has 0 atom stereocenters. The Kier molecular flexibility index (Phi) is 9.42. The summed E-state index contributed by atoms with van der Waals surface area (Å²) in [5.74, 6) is -1.07. The summed E-state index contributed by atoms with van der Waals surface area (Å²) in [5, 5.41) is 5.38. The minimum Gasteiger partial charge on any atom is -0.406 e. The highest BCUT2D eigenvalue weighted by molar-refractivity contribution is 5.74. The minimum atomic E-state index is -4.99. The van der Waals surface area contributed by atoms with Crippen LogP contribution >= 0.6 is 0 Å². The third-order valence-electron chi connectivity index (χ3n) is 6.40. The molecule has 4 rings (SSSR count). The van der Waals surface area contributed by atoms with E-state index in [4.69, 9.17) is 0 Å². The first-order chi connectivity index (χ1) is 20.3. The van der Waals surface area contributed by atoms with Gasteiger partial charge >= 0.3 is 18.8 Å². The molecule has 4 aromatic rings. The summed E-state index contributed by atoms with van der Waals surface area (Å²) in [4.78, 5) is 21.2. The minimum absolute atomic E-state index is 0.0224. The number of hydrogen-bond acceptors (Lipinski definition) is 5. The highest BCUT2D eigenvalue weighted by Gasteiger charge is 2.38. The summed E-state index contributed by atoms with van der Waals surface area (Å²) < 4.78 is 87.1. The number of halogens is 6. The average molecular weight is 605 g/mol. The lowest BCUT2D eigenvalue weighted by atomic mass is 9.70. The molecule has 7 nitrogen and oxygen atoms in total. The Labute approximate surface area is 242 Å². The lowest BCUT2D eigenvalue weighted by Crippen LogP contribution is -2.46. The standard InChI is InChI=1S/C30H26F6N4O3/c1-20-16-38-24(17-37-20)18-39-27(41)40-19-28(15-21-7-3-2-4-8-21,22-9-5-11-25(13-22)42-29(31,32)33)23-10-6-12-26(14-23)43-30(34,35)36/h2-14,16-17H,15,18-19H2,1H3,(H2,39,40,41). The van der Waals surface area contributed by atoms with E-state index in [1.54, 1.807) is 37.3 Å². The highest BCUT2D eigenvalue weighted by atomic mass is 19.4. The molecule has 0 aliphatic heterocycles. The first-order valence-corrected chi connectivity index (χ1v) is 12.9. The summed E-state index contributed by atoms with van der Waals surface area (Å²) in [7, 11) is 0. The number of amides is 2. The van der Waals surface area contributed by atoms with Crippen molar-refractivity contribution in [3.8, 4) is 11.5 Å². The molecule has 1 heterocycles. The number of aromatic nitrogens is 2. The van der Waals surface area contributed by atoms with Crippen LogP contribution in [-0.2, 0) is 18.4 Å². The lowest BCUT2D eigenvalue weighted by molar-refractivity contribution is -0.275. The van der Waals surface area contributed by atoms with Crippen LogP contribution in [0.1, 0.15) is 28.1 Å². The van der Waals surface area contributed by atoms with Gasteiger partial charge in [0.1, 0.15) is 11.5 Å². The van der Waals surface area contributed by atoms with Gasteiger partial charge < -0.3 is 20.1 Å². The fourth-order valence-corrected chi connectivity index (χ4v) is 4.54. The van der Waals surface area contributed by atoms with Gasteiger partial charge in [0.2, 0.25) is 0 Å². The topological polar surface area (TPSA) is 85.4 Å². The van der Waals surface area contributed by atoms with E-state index in [1.807, 2.05) is 0 Å². The molecule has 0 bridgehead atoms.